The minimum atomic E-state index is -3.29. The topological polar surface area (TPSA) is 87.3 Å². The molecular weight excluding hydrogens is 409 g/mol. The number of aryl methyl sites for hydroxylation is 1. The number of nitrogens with one attached hydrogen (secondary N) is 3. The normalized spacial score (nSPS) is 11.1. The van der Waals surface area contributed by atoms with Crippen LogP contribution in [0.2, 0.25) is 10.0 Å². The lowest BCUT2D eigenvalue weighted by molar-refractivity contribution is -0.120. The molecule has 0 aliphatic carbocycles. The van der Waals surface area contributed by atoms with Crippen LogP contribution < -0.4 is 15.4 Å². The van der Waals surface area contributed by atoms with Gasteiger partial charge in [0.2, 0.25) is 15.9 Å². The van der Waals surface area contributed by atoms with Crippen molar-refractivity contribution < 1.29 is 13.2 Å². The molecule has 0 aromatic heterocycles. The van der Waals surface area contributed by atoms with E-state index in [-0.39, 0.29) is 5.91 Å². The summed E-state index contributed by atoms with van der Waals surface area (Å²) < 4.78 is 24.7. The molecule has 0 heterocycles. The molecule has 0 bridgehead atoms. The minimum Gasteiger partial charge on any atom is -0.383 e. The summed E-state index contributed by atoms with van der Waals surface area (Å²) in [6.07, 6.45) is 2.03. The van der Waals surface area contributed by atoms with Gasteiger partial charge in [0.05, 0.1) is 16.3 Å². The molecule has 0 saturated heterocycles. The molecule has 1 amide bonds. The molecule has 0 fully saturated rings. The Hall–Kier alpha value is -1.96. The number of hydrogen-bond donors (Lipinski definition) is 3. The van der Waals surface area contributed by atoms with Crippen LogP contribution >= 0.6 is 23.2 Å². The first-order valence-electron chi connectivity index (χ1n) is 8.25. The lowest BCUT2D eigenvalue weighted by Gasteiger charge is -2.09. The average molecular weight is 430 g/mol. The Balaban J connectivity index is 1.67. The fourth-order valence-electron chi connectivity index (χ4n) is 2.31. The van der Waals surface area contributed by atoms with Crippen molar-refractivity contribution in [3.8, 4) is 0 Å². The van der Waals surface area contributed by atoms with Gasteiger partial charge in [-0.25, -0.2) is 8.42 Å². The number of carbonyl (C=O) groups is 1. The zero-order valence-electron chi connectivity index (χ0n) is 14.8. The van der Waals surface area contributed by atoms with Gasteiger partial charge in [0.25, 0.3) is 0 Å². The summed E-state index contributed by atoms with van der Waals surface area (Å²) in [5.74, 6) is -0.0516. The molecule has 0 aliphatic rings. The lowest BCUT2D eigenvalue weighted by Crippen LogP contribution is -2.28. The van der Waals surface area contributed by atoms with Crippen molar-refractivity contribution in [2.24, 2.45) is 0 Å². The van der Waals surface area contributed by atoms with Crippen LogP contribution in [0.15, 0.2) is 42.5 Å². The number of hydrogen-bond acceptors (Lipinski definition) is 4. The highest BCUT2D eigenvalue weighted by molar-refractivity contribution is 7.92. The van der Waals surface area contributed by atoms with Gasteiger partial charge >= 0.3 is 0 Å². The van der Waals surface area contributed by atoms with Gasteiger partial charge in [-0.1, -0.05) is 35.3 Å². The van der Waals surface area contributed by atoms with Crippen molar-refractivity contribution >= 4 is 50.5 Å². The number of anilines is 2. The zero-order chi connectivity index (χ0) is 19.9. The second-order valence-electron chi connectivity index (χ2n) is 5.98. The third kappa shape index (κ3) is 8.07. The summed E-state index contributed by atoms with van der Waals surface area (Å²) in [5, 5.41) is 6.96. The van der Waals surface area contributed by atoms with Crippen LogP contribution in [0.3, 0.4) is 0 Å². The van der Waals surface area contributed by atoms with Crippen molar-refractivity contribution in [3.63, 3.8) is 0 Å². The smallest absolute Gasteiger partial charge is 0.229 e. The van der Waals surface area contributed by atoms with E-state index in [4.69, 9.17) is 23.2 Å². The fraction of sp³-hybridized carbons (Fsp3) is 0.278. The molecule has 146 valence electrons. The van der Waals surface area contributed by atoms with E-state index in [0.717, 1.165) is 17.5 Å². The predicted molar refractivity (Wildman–Crippen MR) is 111 cm³/mol. The standard InChI is InChI=1S/C18H21Cl2N3O3S/c1-27(25,26)23-14-5-2-13(3-6-14)4-9-18(24)22-11-10-21-15-7-8-16(19)17(20)12-15/h2-3,5-8,12,21,23H,4,9-11H2,1H3,(H,22,24). The van der Waals surface area contributed by atoms with E-state index in [9.17, 15) is 13.2 Å². The van der Waals surface area contributed by atoms with Crippen LogP contribution in [-0.2, 0) is 21.2 Å². The van der Waals surface area contributed by atoms with E-state index in [1.807, 2.05) is 6.07 Å². The van der Waals surface area contributed by atoms with Gasteiger partial charge in [-0.15, -0.1) is 0 Å². The molecule has 0 saturated carbocycles. The molecule has 2 rings (SSSR count). The van der Waals surface area contributed by atoms with Gasteiger partial charge in [-0.3, -0.25) is 9.52 Å². The Labute approximate surface area is 169 Å². The van der Waals surface area contributed by atoms with Crippen molar-refractivity contribution in [2.75, 3.05) is 29.4 Å². The van der Waals surface area contributed by atoms with Gasteiger partial charge in [0.1, 0.15) is 0 Å². The molecule has 3 N–H and O–H groups in total. The predicted octanol–water partition coefficient (Wildman–Crippen LogP) is 3.53. The van der Waals surface area contributed by atoms with E-state index in [1.165, 1.54) is 0 Å². The monoisotopic (exact) mass is 429 g/mol. The minimum absolute atomic E-state index is 0.0516. The summed E-state index contributed by atoms with van der Waals surface area (Å²) in [7, 11) is -3.29. The maximum atomic E-state index is 11.9. The van der Waals surface area contributed by atoms with Gasteiger partial charge in [-0.2, -0.15) is 0 Å². The summed E-state index contributed by atoms with van der Waals surface area (Å²) in [6, 6.07) is 12.2. The van der Waals surface area contributed by atoms with Crippen LogP contribution in [0.1, 0.15) is 12.0 Å². The molecule has 2 aromatic carbocycles. The van der Waals surface area contributed by atoms with Gasteiger partial charge in [-0.05, 0) is 42.3 Å². The van der Waals surface area contributed by atoms with Crippen molar-refractivity contribution in [3.05, 3.63) is 58.1 Å². The highest BCUT2D eigenvalue weighted by atomic mass is 35.5. The zero-order valence-corrected chi connectivity index (χ0v) is 17.1. The molecule has 0 spiro atoms. The van der Waals surface area contributed by atoms with Crippen LogP contribution in [0.25, 0.3) is 0 Å². The quantitative estimate of drug-likeness (QED) is 0.532. The lowest BCUT2D eigenvalue weighted by atomic mass is 10.1. The van der Waals surface area contributed by atoms with Crippen molar-refractivity contribution in [1.82, 2.24) is 5.32 Å². The number of amides is 1. The summed E-state index contributed by atoms with van der Waals surface area (Å²) >= 11 is 11.8. The third-order valence-electron chi connectivity index (χ3n) is 3.59. The highest BCUT2D eigenvalue weighted by Crippen LogP contribution is 2.24. The number of carbonyl (C=O) groups excluding carboxylic acids is 1. The second kappa shape index (κ2) is 9.82. The first kappa shape index (κ1) is 21.3. The fourth-order valence-corrected chi connectivity index (χ4v) is 3.18. The Morgan fingerprint density at radius 2 is 1.63 bits per heavy atom. The Morgan fingerprint density at radius 1 is 0.963 bits per heavy atom. The number of sulfonamides is 1. The van der Waals surface area contributed by atoms with Crippen LogP contribution in [0.5, 0.6) is 0 Å². The van der Waals surface area contributed by atoms with Crippen LogP contribution in [0, 0.1) is 0 Å². The molecule has 0 radical (unpaired) electrons. The highest BCUT2D eigenvalue weighted by Gasteiger charge is 2.04. The summed E-state index contributed by atoms with van der Waals surface area (Å²) in [6.45, 7) is 1.05. The first-order valence-corrected chi connectivity index (χ1v) is 10.9. The van der Waals surface area contributed by atoms with E-state index in [0.29, 0.717) is 41.7 Å². The van der Waals surface area contributed by atoms with Crippen LogP contribution in [-0.4, -0.2) is 33.7 Å². The van der Waals surface area contributed by atoms with E-state index < -0.39 is 10.0 Å². The average Bonchev–Trinajstić information content (AvgIpc) is 2.60. The maximum absolute atomic E-state index is 11.9. The molecular formula is C18H21Cl2N3O3S. The molecule has 9 heteroatoms. The van der Waals surface area contributed by atoms with Crippen molar-refractivity contribution in [2.45, 2.75) is 12.8 Å². The number of benzene rings is 2. The second-order valence-corrected chi connectivity index (χ2v) is 8.54. The Bertz CT molecular complexity index is 887. The van der Waals surface area contributed by atoms with E-state index in [2.05, 4.69) is 15.4 Å². The molecule has 2 aromatic rings. The third-order valence-corrected chi connectivity index (χ3v) is 4.94. The van der Waals surface area contributed by atoms with Crippen molar-refractivity contribution in [1.29, 1.82) is 0 Å². The molecule has 0 atom stereocenters. The SMILES string of the molecule is CS(=O)(=O)Nc1ccc(CCC(=O)NCCNc2ccc(Cl)c(Cl)c2)cc1. The van der Waals surface area contributed by atoms with Crippen LogP contribution in [0.4, 0.5) is 11.4 Å². The van der Waals surface area contributed by atoms with Gasteiger partial charge in [0, 0.05) is 30.9 Å². The summed E-state index contributed by atoms with van der Waals surface area (Å²) in [4.78, 5) is 11.9. The molecule has 27 heavy (non-hydrogen) atoms. The maximum Gasteiger partial charge on any atom is 0.229 e. The molecule has 0 aliphatic heterocycles. The number of halogens is 2. The first-order chi connectivity index (χ1) is 12.7. The Kier molecular flexibility index (Phi) is 7.77. The Morgan fingerprint density at radius 3 is 2.26 bits per heavy atom. The molecule has 0 unspecified atom stereocenters. The summed E-state index contributed by atoms with van der Waals surface area (Å²) in [5.41, 5.74) is 2.29. The van der Waals surface area contributed by atoms with Gasteiger partial charge < -0.3 is 10.6 Å². The largest absolute Gasteiger partial charge is 0.383 e. The van der Waals surface area contributed by atoms with Gasteiger partial charge in [0.15, 0.2) is 0 Å². The molecule has 6 nitrogen and oxygen atoms in total. The van der Waals surface area contributed by atoms with E-state index >= 15 is 0 Å². The van der Waals surface area contributed by atoms with E-state index in [1.54, 1.807) is 36.4 Å². The number of rotatable bonds is 9.